The zero-order chi connectivity index (χ0) is 15.1. The Morgan fingerprint density at radius 1 is 1.50 bits per heavy atom. The zero-order valence-electron chi connectivity index (χ0n) is 12.8. The third-order valence-electron chi connectivity index (χ3n) is 3.57. The van der Waals surface area contributed by atoms with Gasteiger partial charge in [-0.1, -0.05) is 6.92 Å². The molecule has 5 heteroatoms. The molecular weight excluding hydrogens is 254 g/mol. The molecule has 0 radical (unpaired) electrons. The molecule has 20 heavy (non-hydrogen) atoms. The Bertz CT molecular complexity index is 449. The molecule has 0 aliphatic rings. The second kappa shape index (κ2) is 7.75. The number of carbonyl (C=O) groups excluding carboxylic acids is 1. The Balaban J connectivity index is 2.66. The minimum Gasteiger partial charge on any atom is -0.465 e. The van der Waals surface area contributed by atoms with Crippen molar-refractivity contribution in [1.29, 1.82) is 0 Å². The van der Waals surface area contributed by atoms with Gasteiger partial charge in [0.05, 0.1) is 12.7 Å². The molecule has 0 heterocycles. The van der Waals surface area contributed by atoms with Crippen molar-refractivity contribution in [3.05, 3.63) is 23.8 Å². The molecule has 0 saturated heterocycles. The van der Waals surface area contributed by atoms with E-state index in [-0.39, 0.29) is 5.97 Å². The van der Waals surface area contributed by atoms with Gasteiger partial charge in [0.1, 0.15) is 0 Å². The fraction of sp³-hybridized carbons (Fsp3) is 0.533. The van der Waals surface area contributed by atoms with Crippen molar-refractivity contribution >= 4 is 17.3 Å². The minimum absolute atomic E-state index is 0.380. The number of rotatable bonds is 7. The second-order valence-corrected chi connectivity index (χ2v) is 4.96. The van der Waals surface area contributed by atoms with Crippen LogP contribution in [0.1, 0.15) is 30.6 Å². The molecule has 1 atom stereocenters. The molecular formula is C15H25N3O2. The number of nitrogens with zero attached hydrogens (tertiary/aromatic N) is 1. The van der Waals surface area contributed by atoms with Crippen molar-refractivity contribution in [3.63, 3.8) is 0 Å². The zero-order valence-corrected chi connectivity index (χ0v) is 12.8. The summed E-state index contributed by atoms with van der Waals surface area (Å²) in [5.74, 6) is -0.380. The van der Waals surface area contributed by atoms with Gasteiger partial charge in [-0.05, 0) is 38.6 Å². The quantitative estimate of drug-likeness (QED) is 0.591. The van der Waals surface area contributed by atoms with Crippen molar-refractivity contribution in [2.75, 3.05) is 38.3 Å². The lowest BCUT2D eigenvalue weighted by Gasteiger charge is -2.24. The van der Waals surface area contributed by atoms with E-state index in [0.717, 1.165) is 25.2 Å². The van der Waals surface area contributed by atoms with Gasteiger partial charge < -0.3 is 20.7 Å². The van der Waals surface area contributed by atoms with Gasteiger partial charge in [0, 0.05) is 30.5 Å². The van der Waals surface area contributed by atoms with E-state index < -0.39 is 0 Å². The van der Waals surface area contributed by atoms with Crippen LogP contribution in [0, 0.1) is 0 Å². The molecule has 0 saturated carbocycles. The van der Waals surface area contributed by atoms with Gasteiger partial charge in [0.25, 0.3) is 0 Å². The normalized spacial score (nSPS) is 12.2. The van der Waals surface area contributed by atoms with Crippen molar-refractivity contribution in [2.45, 2.75) is 26.3 Å². The Hall–Kier alpha value is -1.75. The first-order chi connectivity index (χ1) is 9.49. The van der Waals surface area contributed by atoms with Crippen LogP contribution in [0.5, 0.6) is 0 Å². The molecule has 0 spiro atoms. The standard InChI is InChI=1S/C15H25N3O2/c1-5-11(2)18(3)9-8-17-14-7-6-12(16)10-13(14)15(19)20-4/h6-7,10-11,17H,5,8-9,16H2,1-4H3. The minimum atomic E-state index is -0.380. The van der Waals surface area contributed by atoms with E-state index in [9.17, 15) is 4.79 Å². The summed E-state index contributed by atoms with van der Waals surface area (Å²) >= 11 is 0. The van der Waals surface area contributed by atoms with Gasteiger partial charge in [0.2, 0.25) is 0 Å². The number of nitrogens with two attached hydrogens (primary N) is 1. The van der Waals surface area contributed by atoms with Crippen LogP contribution in [-0.2, 0) is 4.74 Å². The number of esters is 1. The van der Waals surface area contributed by atoms with Gasteiger partial charge in [-0.2, -0.15) is 0 Å². The molecule has 1 rings (SSSR count). The Morgan fingerprint density at radius 3 is 2.80 bits per heavy atom. The number of anilines is 2. The first-order valence-corrected chi connectivity index (χ1v) is 6.91. The van der Waals surface area contributed by atoms with Crippen molar-refractivity contribution in [1.82, 2.24) is 4.90 Å². The molecule has 1 unspecified atom stereocenters. The average Bonchev–Trinajstić information content (AvgIpc) is 2.46. The summed E-state index contributed by atoms with van der Waals surface area (Å²) in [6.45, 7) is 6.03. The number of hydrogen-bond acceptors (Lipinski definition) is 5. The van der Waals surface area contributed by atoms with Crippen molar-refractivity contribution in [2.24, 2.45) is 0 Å². The predicted molar refractivity (Wildman–Crippen MR) is 83.1 cm³/mol. The number of likely N-dealkylation sites (N-methyl/N-ethyl adjacent to an activating group) is 1. The predicted octanol–water partition coefficient (Wildman–Crippen LogP) is 2.20. The molecule has 0 aliphatic heterocycles. The molecule has 1 aromatic rings. The number of ether oxygens (including phenoxy) is 1. The lowest BCUT2D eigenvalue weighted by atomic mass is 10.1. The lowest BCUT2D eigenvalue weighted by molar-refractivity contribution is 0.0602. The molecule has 0 amide bonds. The first kappa shape index (κ1) is 16.3. The maximum Gasteiger partial charge on any atom is 0.340 e. The Kier molecular flexibility index (Phi) is 6.31. The fourth-order valence-electron chi connectivity index (χ4n) is 1.89. The maximum absolute atomic E-state index is 11.7. The molecule has 3 N–H and O–H groups in total. The van der Waals surface area contributed by atoms with E-state index in [1.54, 1.807) is 12.1 Å². The maximum atomic E-state index is 11.7. The first-order valence-electron chi connectivity index (χ1n) is 6.91. The van der Waals surface area contributed by atoms with E-state index in [4.69, 9.17) is 10.5 Å². The van der Waals surface area contributed by atoms with Crippen LogP contribution >= 0.6 is 0 Å². The molecule has 112 valence electrons. The molecule has 0 aliphatic carbocycles. The van der Waals surface area contributed by atoms with Crippen LogP contribution in [0.3, 0.4) is 0 Å². The molecule has 0 bridgehead atoms. The third-order valence-corrected chi connectivity index (χ3v) is 3.57. The SMILES string of the molecule is CCC(C)N(C)CCNc1ccc(N)cc1C(=O)OC. The number of carbonyl (C=O) groups is 1. The van der Waals surface area contributed by atoms with Gasteiger partial charge in [-0.15, -0.1) is 0 Å². The van der Waals surface area contributed by atoms with Gasteiger partial charge >= 0.3 is 5.97 Å². The third kappa shape index (κ3) is 4.42. The number of methoxy groups -OCH3 is 1. The van der Waals surface area contributed by atoms with Crippen LogP contribution in [-0.4, -0.2) is 44.2 Å². The van der Waals surface area contributed by atoms with E-state index in [1.165, 1.54) is 7.11 Å². The summed E-state index contributed by atoms with van der Waals surface area (Å²) in [6.07, 6.45) is 1.12. The Morgan fingerprint density at radius 2 is 2.20 bits per heavy atom. The highest BCUT2D eigenvalue weighted by molar-refractivity contribution is 5.96. The molecule has 0 aromatic heterocycles. The topological polar surface area (TPSA) is 67.6 Å². The summed E-state index contributed by atoms with van der Waals surface area (Å²) in [4.78, 5) is 14.0. The highest BCUT2D eigenvalue weighted by Crippen LogP contribution is 2.19. The van der Waals surface area contributed by atoms with Crippen LogP contribution in [0.4, 0.5) is 11.4 Å². The summed E-state index contributed by atoms with van der Waals surface area (Å²) in [7, 11) is 3.46. The summed E-state index contributed by atoms with van der Waals surface area (Å²) in [6, 6.07) is 5.76. The molecule has 0 fully saturated rings. The van der Waals surface area contributed by atoms with Gasteiger partial charge in [-0.3, -0.25) is 0 Å². The van der Waals surface area contributed by atoms with Crippen molar-refractivity contribution < 1.29 is 9.53 Å². The summed E-state index contributed by atoms with van der Waals surface area (Å²) < 4.78 is 4.77. The van der Waals surface area contributed by atoms with Crippen LogP contribution in [0.2, 0.25) is 0 Å². The van der Waals surface area contributed by atoms with Gasteiger partial charge in [-0.25, -0.2) is 4.79 Å². The monoisotopic (exact) mass is 279 g/mol. The van der Waals surface area contributed by atoms with E-state index in [0.29, 0.717) is 17.3 Å². The highest BCUT2D eigenvalue weighted by Gasteiger charge is 2.12. The number of nitrogens with one attached hydrogen (secondary N) is 1. The number of nitrogen functional groups attached to an aromatic ring is 1. The van der Waals surface area contributed by atoms with E-state index in [1.807, 2.05) is 6.07 Å². The highest BCUT2D eigenvalue weighted by atomic mass is 16.5. The second-order valence-electron chi connectivity index (χ2n) is 4.96. The van der Waals surface area contributed by atoms with Crippen LogP contribution < -0.4 is 11.1 Å². The van der Waals surface area contributed by atoms with E-state index >= 15 is 0 Å². The van der Waals surface area contributed by atoms with Crippen LogP contribution in [0.25, 0.3) is 0 Å². The summed E-state index contributed by atoms with van der Waals surface area (Å²) in [5.41, 5.74) is 7.48. The van der Waals surface area contributed by atoms with Crippen LogP contribution in [0.15, 0.2) is 18.2 Å². The van der Waals surface area contributed by atoms with E-state index in [2.05, 4.69) is 31.1 Å². The largest absolute Gasteiger partial charge is 0.465 e. The Labute approximate surface area is 121 Å². The number of hydrogen-bond donors (Lipinski definition) is 2. The lowest BCUT2D eigenvalue weighted by Crippen LogP contribution is -2.32. The van der Waals surface area contributed by atoms with Gasteiger partial charge in [0.15, 0.2) is 0 Å². The fourth-order valence-corrected chi connectivity index (χ4v) is 1.89. The average molecular weight is 279 g/mol. The molecule has 5 nitrogen and oxygen atoms in total. The summed E-state index contributed by atoms with van der Waals surface area (Å²) in [5, 5.41) is 3.27. The number of benzene rings is 1. The van der Waals surface area contributed by atoms with Crippen molar-refractivity contribution in [3.8, 4) is 0 Å². The smallest absolute Gasteiger partial charge is 0.340 e. The molecule has 1 aromatic carbocycles.